The first-order valence-electron chi connectivity index (χ1n) is 7.40. The Balaban J connectivity index is 1.72. The SMILES string of the molecule is CCc1ccc(OCC(=O)NNC(=S)Nc2ccccc2F)cc1. The lowest BCUT2D eigenvalue weighted by Crippen LogP contribution is -2.45. The van der Waals surface area contributed by atoms with Gasteiger partial charge in [0.2, 0.25) is 0 Å². The second-order valence-corrected chi connectivity index (χ2v) is 5.30. The van der Waals surface area contributed by atoms with Gasteiger partial charge in [-0.15, -0.1) is 0 Å². The Labute approximate surface area is 145 Å². The van der Waals surface area contributed by atoms with Crippen molar-refractivity contribution in [2.24, 2.45) is 0 Å². The maximum Gasteiger partial charge on any atom is 0.276 e. The first-order chi connectivity index (χ1) is 11.6. The van der Waals surface area contributed by atoms with Gasteiger partial charge in [0.15, 0.2) is 11.7 Å². The number of rotatable bonds is 5. The van der Waals surface area contributed by atoms with Gasteiger partial charge in [-0.25, -0.2) is 4.39 Å². The van der Waals surface area contributed by atoms with E-state index >= 15 is 0 Å². The molecule has 0 saturated carbocycles. The molecule has 0 bridgehead atoms. The van der Waals surface area contributed by atoms with Crippen LogP contribution in [0.2, 0.25) is 0 Å². The van der Waals surface area contributed by atoms with Gasteiger partial charge in [0.25, 0.3) is 5.91 Å². The molecule has 2 aromatic rings. The van der Waals surface area contributed by atoms with Gasteiger partial charge < -0.3 is 10.1 Å². The minimum absolute atomic E-state index is 0.0701. The quantitative estimate of drug-likeness (QED) is 0.573. The lowest BCUT2D eigenvalue weighted by Gasteiger charge is -2.12. The van der Waals surface area contributed by atoms with Crippen molar-refractivity contribution >= 4 is 28.9 Å². The maximum absolute atomic E-state index is 13.5. The Bertz CT molecular complexity index is 707. The van der Waals surface area contributed by atoms with Crippen LogP contribution in [0.3, 0.4) is 0 Å². The number of ether oxygens (including phenoxy) is 1. The Morgan fingerprint density at radius 2 is 1.83 bits per heavy atom. The Hall–Kier alpha value is -2.67. The zero-order valence-electron chi connectivity index (χ0n) is 13.1. The average Bonchev–Trinajstić information content (AvgIpc) is 2.60. The summed E-state index contributed by atoms with van der Waals surface area (Å²) < 4.78 is 18.8. The van der Waals surface area contributed by atoms with Crippen molar-refractivity contribution in [1.82, 2.24) is 10.9 Å². The van der Waals surface area contributed by atoms with Crippen LogP contribution in [0.4, 0.5) is 10.1 Å². The summed E-state index contributed by atoms with van der Waals surface area (Å²) in [4.78, 5) is 11.7. The van der Waals surface area contributed by atoms with E-state index in [1.807, 2.05) is 24.3 Å². The lowest BCUT2D eigenvalue weighted by molar-refractivity contribution is -0.123. The number of aryl methyl sites for hydroxylation is 1. The number of halogens is 1. The molecule has 0 saturated heterocycles. The van der Waals surface area contributed by atoms with Crippen molar-refractivity contribution < 1.29 is 13.9 Å². The van der Waals surface area contributed by atoms with Crippen LogP contribution in [0, 0.1) is 5.82 Å². The summed E-state index contributed by atoms with van der Waals surface area (Å²) in [6.45, 7) is 1.90. The third-order valence-electron chi connectivity index (χ3n) is 3.14. The van der Waals surface area contributed by atoms with E-state index in [-0.39, 0.29) is 17.4 Å². The predicted molar refractivity (Wildman–Crippen MR) is 95.2 cm³/mol. The molecule has 0 spiro atoms. The molecule has 0 atom stereocenters. The summed E-state index contributed by atoms with van der Waals surface area (Å²) in [6, 6.07) is 13.6. The molecule has 0 aliphatic heterocycles. The van der Waals surface area contributed by atoms with Crippen LogP contribution < -0.4 is 20.9 Å². The molecule has 24 heavy (non-hydrogen) atoms. The van der Waals surface area contributed by atoms with Crippen LogP contribution in [0.15, 0.2) is 48.5 Å². The van der Waals surface area contributed by atoms with Gasteiger partial charge in [-0.05, 0) is 48.5 Å². The largest absolute Gasteiger partial charge is 0.484 e. The van der Waals surface area contributed by atoms with E-state index in [9.17, 15) is 9.18 Å². The number of amides is 1. The van der Waals surface area contributed by atoms with Crippen molar-refractivity contribution in [3.63, 3.8) is 0 Å². The fourth-order valence-corrected chi connectivity index (χ4v) is 2.01. The van der Waals surface area contributed by atoms with E-state index in [1.165, 1.54) is 17.7 Å². The van der Waals surface area contributed by atoms with E-state index in [0.29, 0.717) is 5.75 Å². The first-order valence-corrected chi connectivity index (χ1v) is 7.81. The molecule has 0 aliphatic carbocycles. The monoisotopic (exact) mass is 347 g/mol. The van der Waals surface area contributed by atoms with Gasteiger partial charge in [-0.2, -0.15) is 0 Å². The Morgan fingerprint density at radius 3 is 2.50 bits per heavy atom. The molecule has 0 aromatic heterocycles. The third kappa shape index (κ3) is 5.51. The molecule has 7 heteroatoms. The van der Waals surface area contributed by atoms with Gasteiger partial charge in [0, 0.05) is 0 Å². The minimum atomic E-state index is -0.438. The Kier molecular flexibility index (Phi) is 6.51. The highest BCUT2D eigenvalue weighted by Gasteiger charge is 2.06. The van der Waals surface area contributed by atoms with Crippen LogP contribution in [-0.2, 0) is 11.2 Å². The summed E-state index contributed by atoms with van der Waals surface area (Å²) in [5.41, 5.74) is 6.27. The van der Waals surface area contributed by atoms with Gasteiger partial charge in [0.1, 0.15) is 11.6 Å². The smallest absolute Gasteiger partial charge is 0.276 e. The van der Waals surface area contributed by atoms with Crippen LogP contribution in [0.25, 0.3) is 0 Å². The van der Waals surface area contributed by atoms with Gasteiger partial charge in [0.05, 0.1) is 5.69 Å². The van der Waals surface area contributed by atoms with E-state index < -0.39 is 11.7 Å². The zero-order chi connectivity index (χ0) is 17.4. The van der Waals surface area contributed by atoms with Crippen molar-refractivity contribution in [2.75, 3.05) is 11.9 Å². The van der Waals surface area contributed by atoms with Crippen molar-refractivity contribution in [2.45, 2.75) is 13.3 Å². The summed E-state index contributed by atoms with van der Waals surface area (Å²) in [5.74, 6) is -0.242. The summed E-state index contributed by atoms with van der Waals surface area (Å²) in [7, 11) is 0. The molecule has 126 valence electrons. The normalized spacial score (nSPS) is 9.92. The van der Waals surface area contributed by atoms with Crippen LogP contribution in [-0.4, -0.2) is 17.6 Å². The van der Waals surface area contributed by atoms with Crippen molar-refractivity contribution in [3.05, 3.63) is 59.9 Å². The number of para-hydroxylation sites is 1. The zero-order valence-corrected chi connectivity index (χ0v) is 14.0. The number of hydrazine groups is 1. The summed E-state index contributed by atoms with van der Waals surface area (Å²) >= 11 is 4.97. The number of hydrogen-bond donors (Lipinski definition) is 3. The van der Waals surface area contributed by atoms with Crippen LogP contribution >= 0.6 is 12.2 Å². The molecule has 2 rings (SSSR count). The number of carbonyl (C=O) groups excluding carboxylic acids is 1. The van der Waals surface area contributed by atoms with Gasteiger partial charge in [-0.3, -0.25) is 15.6 Å². The predicted octanol–water partition coefficient (Wildman–Crippen LogP) is 2.78. The van der Waals surface area contributed by atoms with Gasteiger partial charge >= 0.3 is 0 Å². The fraction of sp³-hybridized carbons (Fsp3) is 0.176. The van der Waals surface area contributed by atoms with Crippen LogP contribution in [0.5, 0.6) is 5.75 Å². The fourth-order valence-electron chi connectivity index (χ4n) is 1.85. The highest BCUT2D eigenvalue weighted by Crippen LogP contribution is 2.12. The maximum atomic E-state index is 13.5. The standard InChI is InChI=1S/C17H18FN3O2S/c1-2-12-7-9-13(10-8-12)23-11-16(22)20-21-17(24)19-15-6-4-3-5-14(15)18/h3-10H,2,11H2,1H3,(H,20,22)(H2,19,21,24). The van der Waals surface area contributed by atoms with Crippen LogP contribution in [0.1, 0.15) is 12.5 Å². The summed E-state index contributed by atoms with van der Waals surface area (Å²) in [6.07, 6.45) is 0.942. The number of nitrogens with one attached hydrogen (secondary N) is 3. The van der Waals surface area contributed by atoms with E-state index in [0.717, 1.165) is 6.42 Å². The van der Waals surface area contributed by atoms with E-state index in [4.69, 9.17) is 17.0 Å². The lowest BCUT2D eigenvalue weighted by atomic mass is 10.2. The molecule has 5 nitrogen and oxygen atoms in total. The molecule has 1 amide bonds. The number of hydrogen-bond acceptors (Lipinski definition) is 3. The molecule has 0 fully saturated rings. The second kappa shape index (κ2) is 8.83. The molecule has 3 N–H and O–H groups in total. The van der Waals surface area contributed by atoms with Crippen molar-refractivity contribution in [3.8, 4) is 5.75 Å². The average molecular weight is 347 g/mol. The topological polar surface area (TPSA) is 62.4 Å². The molecular weight excluding hydrogens is 329 g/mol. The molecule has 0 radical (unpaired) electrons. The molecule has 0 heterocycles. The van der Waals surface area contributed by atoms with E-state index in [1.54, 1.807) is 12.1 Å². The molecule has 2 aromatic carbocycles. The number of benzene rings is 2. The van der Waals surface area contributed by atoms with Crippen molar-refractivity contribution in [1.29, 1.82) is 0 Å². The number of carbonyl (C=O) groups is 1. The number of anilines is 1. The molecular formula is C17H18FN3O2S. The Morgan fingerprint density at radius 1 is 1.12 bits per heavy atom. The third-order valence-corrected chi connectivity index (χ3v) is 3.34. The number of thiocarbonyl (C=S) groups is 1. The first kappa shape index (κ1) is 17.7. The second-order valence-electron chi connectivity index (χ2n) is 4.89. The van der Waals surface area contributed by atoms with E-state index in [2.05, 4.69) is 23.1 Å². The summed E-state index contributed by atoms with van der Waals surface area (Å²) in [5, 5.41) is 2.71. The highest BCUT2D eigenvalue weighted by molar-refractivity contribution is 7.80. The van der Waals surface area contributed by atoms with Gasteiger partial charge in [-0.1, -0.05) is 31.2 Å². The highest BCUT2D eigenvalue weighted by atomic mass is 32.1. The minimum Gasteiger partial charge on any atom is -0.484 e. The molecule has 0 unspecified atom stereocenters. The molecule has 0 aliphatic rings.